The van der Waals surface area contributed by atoms with Gasteiger partial charge in [0.05, 0.1) is 0 Å². The molecule has 0 aromatic heterocycles. The molecule has 2 aliphatic rings. The Morgan fingerprint density at radius 1 is 1.38 bits per heavy atom. The molecule has 2 heteroatoms. The van der Waals surface area contributed by atoms with E-state index in [4.69, 9.17) is 0 Å². The highest BCUT2D eigenvalue weighted by Gasteiger charge is 2.20. The minimum atomic E-state index is 0.938. The summed E-state index contributed by atoms with van der Waals surface area (Å²) in [5.41, 5.74) is 0. The monoisotopic (exact) mass is 182 g/mol. The van der Waals surface area contributed by atoms with Gasteiger partial charge in [0.25, 0.3) is 0 Å². The van der Waals surface area contributed by atoms with Crippen molar-refractivity contribution >= 4 is 0 Å². The van der Waals surface area contributed by atoms with Crippen LogP contribution in [0.25, 0.3) is 0 Å². The van der Waals surface area contributed by atoms with Crippen molar-refractivity contribution in [1.82, 2.24) is 10.2 Å². The molecule has 0 spiro atoms. The molecular weight excluding hydrogens is 160 g/mol. The molecule has 0 amide bonds. The Bertz CT molecular complexity index is 154. The number of rotatable bonds is 3. The standard InChI is InChI=1S/C11H22N2/c1-10-3-2-5-13(9-10)6-4-11-7-12-8-11/h10-12H,2-9H2,1H3. The maximum Gasteiger partial charge on any atom is 0.000703 e. The second-order valence-electron chi connectivity index (χ2n) is 4.86. The summed E-state index contributed by atoms with van der Waals surface area (Å²) < 4.78 is 0. The van der Waals surface area contributed by atoms with E-state index in [9.17, 15) is 0 Å². The van der Waals surface area contributed by atoms with E-state index >= 15 is 0 Å². The van der Waals surface area contributed by atoms with Crippen LogP contribution in [-0.2, 0) is 0 Å². The fourth-order valence-corrected chi connectivity index (χ4v) is 2.41. The van der Waals surface area contributed by atoms with Crippen LogP contribution in [0.2, 0.25) is 0 Å². The van der Waals surface area contributed by atoms with Crippen molar-refractivity contribution in [3.05, 3.63) is 0 Å². The molecule has 0 aromatic carbocycles. The van der Waals surface area contributed by atoms with Crippen LogP contribution in [0.5, 0.6) is 0 Å². The summed E-state index contributed by atoms with van der Waals surface area (Å²) in [4.78, 5) is 2.66. The molecule has 2 heterocycles. The van der Waals surface area contributed by atoms with Gasteiger partial charge in [-0.1, -0.05) is 6.92 Å². The topological polar surface area (TPSA) is 15.3 Å². The van der Waals surface area contributed by atoms with E-state index in [1.807, 2.05) is 0 Å². The predicted octanol–water partition coefficient (Wildman–Crippen LogP) is 1.33. The highest BCUT2D eigenvalue weighted by atomic mass is 15.1. The molecule has 0 saturated carbocycles. The van der Waals surface area contributed by atoms with Gasteiger partial charge in [-0.05, 0) is 57.3 Å². The molecule has 0 aromatic rings. The summed E-state index contributed by atoms with van der Waals surface area (Å²) >= 11 is 0. The summed E-state index contributed by atoms with van der Waals surface area (Å²) in [6, 6.07) is 0. The van der Waals surface area contributed by atoms with Crippen molar-refractivity contribution in [3.8, 4) is 0 Å². The number of likely N-dealkylation sites (tertiary alicyclic amines) is 1. The molecule has 0 bridgehead atoms. The largest absolute Gasteiger partial charge is 0.316 e. The zero-order chi connectivity index (χ0) is 9.10. The summed E-state index contributed by atoms with van der Waals surface area (Å²) in [7, 11) is 0. The zero-order valence-electron chi connectivity index (χ0n) is 8.76. The SMILES string of the molecule is CC1CCCN(CCC2CNC2)C1. The minimum Gasteiger partial charge on any atom is -0.316 e. The highest BCUT2D eigenvalue weighted by Crippen LogP contribution is 2.17. The van der Waals surface area contributed by atoms with Crippen molar-refractivity contribution in [2.45, 2.75) is 26.2 Å². The van der Waals surface area contributed by atoms with E-state index in [1.54, 1.807) is 0 Å². The number of hydrogen-bond donors (Lipinski definition) is 1. The Balaban J connectivity index is 1.62. The number of nitrogens with one attached hydrogen (secondary N) is 1. The molecule has 13 heavy (non-hydrogen) atoms. The fraction of sp³-hybridized carbons (Fsp3) is 1.00. The van der Waals surface area contributed by atoms with Crippen molar-refractivity contribution in [2.75, 3.05) is 32.7 Å². The normalized spacial score (nSPS) is 31.6. The van der Waals surface area contributed by atoms with Gasteiger partial charge in [0.15, 0.2) is 0 Å². The molecule has 2 rings (SSSR count). The quantitative estimate of drug-likeness (QED) is 0.708. The second kappa shape index (κ2) is 4.43. The van der Waals surface area contributed by atoms with Gasteiger partial charge in [-0.2, -0.15) is 0 Å². The van der Waals surface area contributed by atoms with Gasteiger partial charge in [0.1, 0.15) is 0 Å². The molecule has 1 unspecified atom stereocenters. The smallest absolute Gasteiger partial charge is 0.000703 e. The zero-order valence-corrected chi connectivity index (χ0v) is 8.76. The summed E-state index contributed by atoms with van der Waals surface area (Å²) in [6.45, 7) is 8.96. The van der Waals surface area contributed by atoms with Gasteiger partial charge >= 0.3 is 0 Å². The first-order valence-electron chi connectivity index (χ1n) is 5.77. The third-order valence-electron chi connectivity index (χ3n) is 3.46. The first-order valence-corrected chi connectivity index (χ1v) is 5.77. The molecule has 0 radical (unpaired) electrons. The van der Waals surface area contributed by atoms with E-state index in [0.29, 0.717) is 0 Å². The van der Waals surface area contributed by atoms with Crippen molar-refractivity contribution in [1.29, 1.82) is 0 Å². The fourth-order valence-electron chi connectivity index (χ4n) is 2.41. The van der Waals surface area contributed by atoms with Crippen LogP contribution in [-0.4, -0.2) is 37.6 Å². The molecule has 76 valence electrons. The van der Waals surface area contributed by atoms with Crippen molar-refractivity contribution in [3.63, 3.8) is 0 Å². The van der Waals surface area contributed by atoms with Crippen LogP contribution in [0.4, 0.5) is 0 Å². The molecule has 1 N–H and O–H groups in total. The summed E-state index contributed by atoms with van der Waals surface area (Å²) in [6.07, 6.45) is 4.28. The van der Waals surface area contributed by atoms with Crippen LogP contribution in [0.1, 0.15) is 26.2 Å². The first-order chi connectivity index (χ1) is 6.34. The lowest BCUT2D eigenvalue weighted by Gasteiger charge is -2.34. The molecule has 0 aliphatic carbocycles. The number of piperidine rings is 1. The minimum absolute atomic E-state index is 0.938. The maximum atomic E-state index is 3.34. The van der Waals surface area contributed by atoms with Gasteiger partial charge in [-0.15, -0.1) is 0 Å². The summed E-state index contributed by atoms with van der Waals surface area (Å²) in [5.74, 6) is 1.92. The van der Waals surface area contributed by atoms with Crippen LogP contribution < -0.4 is 5.32 Å². The Labute approximate surface area is 81.7 Å². The Morgan fingerprint density at radius 2 is 2.23 bits per heavy atom. The van der Waals surface area contributed by atoms with Crippen molar-refractivity contribution < 1.29 is 0 Å². The molecule has 1 atom stereocenters. The van der Waals surface area contributed by atoms with Gasteiger partial charge in [-0.25, -0.2) is 0 Å². The average Bonchev–Trinajstić information content (AvgIpc) is 2.01. The van der Waals surface area contributed by atoms with E-state index in [0.717, 1.165) is 11.8 Å². The molecule has 2 aliphatic heterocycles. The Morgan fingerprint density at radius 3 is 2.85 bits per heavy atom. The van der Waals surface area contributed by atoms with E-state index < -0.39 is 0 Å². The van der Waals surface area contributed by atoms with Crippen LogP contribution in [0, 0.1) is 11.8 Å². The third kappa shape index (κ3) is 2.68. The average molecular weight is 182 g/mol. The molecule has 2 nitrogen and oxygen atoms in total. The Hall–Kier alpha value is -0.0800. The summed E-state index contributed by atoms with van der Waals surface area (Å²) in [5, 5.41) is 3.34. The van der Waals surface area contributed by atoms with E-state index in [1.165, 1.54) is 52.0 Å². The number of nitrogens with zero attached hydrogens (tertiary/aromatic N) is 1. The van der Waals surface area contributed by atoms with E-state index in [2.05, 4.69) is 17.1 Å². The van der Waals surface area contributed by atoms with Gasteiger partial charge in [0, 0.05) is 6.54 Å². The molecule has 2 saturated heterocycles. The van der Waals surface area contributed by atoms with Gasteiger partial charge in [0.2, 0.25) is 0 Å². The second-order valence-corrected chi connectivity index (χ2v) is 4.86. The Kier molecular flexibility index (Phi) is 3.23. The highest BCUT2D eigenvalue weighted by molar-refractivity contribution is 4.77. The lowest BCUT2D eigenvalue weighted by Crippen LogP contribution is -2.44. The lowest BCUT2D eigenvalue weighted by molar-refractivity contribution is 0.163. The van der Waals surface area contributed by atoms with Crippen molar-refractivity contribution in [2.24, 2.45) is 11.8 Å². The van der Waals surface area contributed by atoms with Crippen LogP contribution >= 0.6 is 0 Å². The van der Waals surface area contributed by atoms with E-state index in [-0.39, 0.29) is 0 Å². The first kappa shape index (κ1) is 9.47. The number of hydrogen-bond acceptors (Lipinski definition) is 2. The van der Waals surface area contributed by atoms with Gasteiger partial charge < -0.3 is 10.2 Å². The van der Waals surface area contributed by atoms with Gasteiger partial charge in [-0.3, -0.25) is 0 Å². The van der Waals surface area contributed by atoms with Crippen LogP contribution in [0.3, 0.4) is 0 Å². The lowest BCUT2D eigenvalue weighted by atomic mass is 9.96. The third-order valence-corrected chi connectivity index (χ3v) is 3.46. The molecular formula is C11H22N2. The van der Waals surface area contributed by atoms with Crippen LogP contribution in [0.15, 0.2) is 0 Å². The predicted molar refractivity (Wildman–Crippen MR) is 55.8 cm³/mol. The molecule has 2 fully saturated rings. The maximum absolute atomic E-state index is 3.34.